The van der Waals surface area contributed by atoms with Crippen LogP contribution in [0.3, 0.4) is 0 Å². The molecule has 2 saturated heterocycles. The Morgan fingerprint density at radius 3 is 2.41 bits per heavy atom. The number of carbonyl (C=O) groups is 2. The van der Waals surface area contributed by atoms with Gasteiger partial charge in [0.2, 0.25) is 11.8 Å². The minimum atomic E-state index is -0.273. The SMILES string of the molecule is CCC(O)CN1CCN(C(=O)C2CCCN(C(C)=O)C2)CC1. The Morgan fingerprint density at radius 1 is 1.14 bits per heavy atom. The van der Waals surface area contributed by atoms with E-state index < -0.39 is 0 Å². The number of hydrogen-bond donors (Lipinski definition) is 1. The van der Waals surface area contributed by atoms with E-state index in [1.807, 2.05) is 11.8 Å². The molecule has 6 heteroatoms. The highest BCUT2D eigenvalue weighted by Gasteiger charge is 2.31. The summed E-state index contributed by atoms with van der Waals surface area (Å²) in [5.41, 5.74) is 0. The average Bonchev–Trinajstić information content (AvgIpc) is 2.55. The molecule has 2 heterocycles. The van der Waals surface area contributed by atoms with Gasteiger partial charge < -0.3 is 14.9 Å². The molecule has 0 spiro atoms. The van der Waals surface area contributed by atoms with Crippen LogP contribution in [0.5, 0.6) is 0 Å². The lowest BCUT2D eigenvalue weighted by Gasteiger charge is -2.39. The standard InChI is InChI=1S/C16H29N3O3/c1-3-15(21)12-17-7-9-18(10-8-17)16(22)14-5-4-6-19(11-14)13(2)20/h14-15,21H,3-12H2,1-2H3. The van der Waals surface area contributed by atoms with Crippen molar-refractivity contribution in [3.8, 4) is 0 Å². The Morgan fingerprint density at radius 2 is 1.82 bits per heavy atom. The van der Waals surface area contributed by atoms with Crippen LogP contribution in [0, 0.1) is 5.92 Å². The van der Waals surface area contributed by atoms with Gasteiger partial charge in [0.1, 0.15) is 0 Å². The number of β-amino-alcohol motifs (C(OH)–C–C–N with tert-alkyl or cyclic N) is 1. The van der Waals surface area contributed by atoms with Crippen molar-refractivity contribution in [1.29, 1.82) is 0 Å². The van der Waals surface area contributed by atoms with Crippen LogP contribution in [0.4, 0.5) is 0 Å². The van der Waals surface area contributed by atoms with Crippen molar-refractivity contribution in [2.24, 2.45) is 5.92 Å². The zero-order valence-electron chi connectivity index (χ0n) is 13.8. The van der Waals surface area contributed by atoms with E-state index >= 15 is 0 Å². The van der Waals surface area contributed by atoms with Crippen molar-refractivity contribution in [2.45, 2.75) is 39.2 Å². The van der Waals surface area contributed by atoms with Crippen LogP contribution in [0.2, 0.25) is 0 Å². The van der Waals surface area contributed by atoms with Gasteiger partial charge >= 0.3 is 0 Å². The summed E-state index contributed by atoms with van der Waals surface area (Å²) in [4.78, 5) is 30.1. The van der Waals surface area contributed by atoms with Crippen molar-refractivity contribution in [3.63, 3.8) is 0 Å². The number of rotatable bonds is 4. The third-order valence-corrected chi connectivity index (χ3v) is 4.84. The second-order valence-electron chi connectivity index (χ2n) is 6.49. The molecule has 2 unspecified atom stereocenters. The second kappa shape index (κ2) is 7.92. The molecular weight excluding hydrogens is 282 g/mol. The van der Waals surface area contributed by atoms with E-state index in [0.717, 1.165) is 52.0 Å². The molecule has 1 N–H and O–H groups in total. The lowest BCUT2D eigenvalue weighted by atomic mass is 9.96. The first kappa shape index (κ1) is 17.2. The molecule has 0 aromatic rings. The number of aliphatic hydroxyl groups is 1. The van der Waals surface area contributed by atoms with Crippen molar-refractivity contribution < 1.29 is 14.7 Å². The quantitative estimate of drug-likeness (QED) is 0.803. The van der Waals surface area contributed by atoms with Crippen LogP contribution in [0.1, 0.15) is 33.1 Å². The lowest BCUT2D eigenvalue weighted by molar-refractivity contribution is -0.141. The Hall–Kier alpha value is -1.14. The fourth-order valence-corrected chi connectivity index (χ4v) is 3.30. The third kappa shape index (κ3) is 4.43. The van der Waals surface area contributed by atoms with E-state index in [-0.39, 0.29) is 23.8 Å². The zero-order chi connectivity index (χ0) is 16.1. The molecular formula is C16H29N3O3. The van der Waals surface area contributed by atoms with Gasteiger partial charge in [-0.15, -0.1) is 0 Å². The van der Waals surface area contributed by atoms with Gasteiger partial charge in [0.05, 0.1) is 12.0 Å². The largest absolute Gasteiger partial charge is 0.392 e. The number of amides is 2. The lowest BCUT2D eigenvalue weighted by Crippen LogP contribution is -2.53. The molecule has 2 aliphatic heterocycles. The average molecular weight is 311 g/mol. The van der Waals surface area contributed by atoms with Gasteiger partial charge in [-0.25, -0.2) is 0 Å². The van der Waals surface area contributed by atoms with E-state index in [2.05, 4.69) is 4.90 Å². The normalized spacial score (nSPS) is 25.1. The fraction of sp³-hybridized carbons (Fsp3) is 0.875. The minimum absolute atomic E-state index is 0.0366. The van der Waals surface area contributed by atoms with Gasteiger partial charge in [-0.2, -0.15) is 0 Å². The monoisotopic (exact) mass is 311 g/mol. The highest BCUT2D eigenvalue weighted by atomic mass is 16.3. The van der Waals surface area contributed by atoms with E-state index in [1.54, 1.807) is 11.8 Å². The maximum atomic E-state index is 12.6. The molecule has 0 aromatic heterocycles. The molecule has 2 amide bonds. The number of carbonyl (C=O) groups excluding carboxylic acids is 2. The molecule has 0 aliphatic carbocycles. The molecule has 0 radical (unpaired) electrons. The summed E-state index contributed by atoms with van der Waals surface area (Å²) in [5.74, 6) is 0.225. The van der Waals surface area contributed by atoms with Crippen LogP contribution < -0.4 is 0 Å². The first-order chi connectivity index (χ1) is 10.5. The number of nitrogens with zero attached hydrogens (tertiary/aromatic N) is 3. The van der Waals surface area contributed by atoms with Gasteiger partial charge in [-0.3, -0.25) is 14.5 Å². The second-order valence-corrected chi connectivity index (χ2v) is 6.49. The molecule has 126 valence electrons. The van der Waals surface area contributed by atoms with Crippen molar-refractivity contribution in [2.75, 3.05) is 45.8 Å². The summed E-state index contributed by atoms with van der Waals surface area (Å²) in [6.45, 7) is 8.71. The Labute approximate surface area is 133 Å². The summed E-state index contributed by atoms with van der Waals surface area (Å²) in [5, 5.41) is 9.71. The first-order valence-corrected chi connectivity index (χ1v) is 8.46. The summed E-state index contributed by atoms with van der Waals surface area (Å²) in [7, 11) is 0. The van der Waals surface area contributed by atoms with Crippen molar-refractivity contribution >= 4 is 11.8 Å². The van der Waals surface area contributed by atoms with Crippen molar-refractivity contribution in [1.82, 2.24) is 14.7 Å². The predicted octanol–water partition coefficient (Wildman–Crippen LogP) is 0.160. The minimum Gasteiger partial charge on any atom is -0.392 e. The Kier molecular flexibility index (Phi) is 6.20. The molecule has 2 aliphatic rings. The van der Waals surface area contributed by atoms with Crippen molar-refractivity contribution in [3.05, 3.63) is 0 Å². The zero-order valence-corrected chi connectivity index (χ0v) is 13.8. The fourth-order valence-electron chi connectivity index (χ4n) is 3.30. The summed E-state index contributed by atoms with van der Waals surface area (Å²) >= 11 is 0. The van der Waals surface area contributed by atoms with Gasteiger partial charge in [0.25, 0.3) is 0 Å². The molecule has 2 fully saturated rings. The molecule has 6 nitrogen and oxygen atoms in total. The van der Waals surface area contributed by atoms with Crippen LogP contribution in [0.25, 0.3) is 0 Å². The topological polar surface area (TPSA) is 64.1 Å². The van der Waals surface area contributed by atoms with Gasteiger partial charge in [0.15, 0.2) is 0 Å². The first-order valence-electron chi connectivity index (χ1n) is 8.46. The summed E-state index contributed by atoms with van der Waals surface area (Å²) in [6.07, 6.45) is 2.29. The van der Waals surface area contributed by atoms with E-state index in [0.29, 0.717) is 13.1 Å². The van der Waals surface area contributed by atoms with Gasteiger partial charge in [-0.1, -0.05) is 6.92 Å². The Bertz CT molecular complexity index is 394. The maximum absolute atomic E-state index is 12.6. The molecule has 2 rings (SSSR count). The summed E-state index contributed by atoms with van der Waals surface area (Å²) < 4.78 is 0. The van der Waals surface area contributed by atoms with Crippen LogP contribution >= 0.6 is 0 Å². The van der Waals surface area contributed by atoms with E-state index in [1.165, 1.54) is 0 Å². The number of piperazine rings is 1. The number of piperidine rings is 1. The van der Waals surface area contributed by atoms with E-state index in [9.17, 15) is 14.7 Å². The van der Waals surface area contributed by atoms with Crippen LogP contribution in [-0.4, -0.2) is 83.5 Å². The molecule has 0 saturated carbocycles. The molecule has 0 bridgehead atoms. The van der Waals surface area contributed by atoms with Gasteiger partial charge in [-0.05, 0) is 19.3 Å². The van der Waals surface area contributed by atoms with Crippen LogP contribution in [0.15, 0.2) is 0 Å². The van der Waals surface area contributed by atoms with Crippen LogP contribution in [-0.2, 0) is 9.59 Å². The molecule has 22 heavy (non-hydrogen) atoms. The number of likely N-dealkylation sites (tertiary alicyclic amines) is 1. The Balaban J connectivity index is 1.80. The highest BCUT2D eigenvalue weighted by molar-refractivity contribution is 5.81. The predicted molar refractivity (Wildman–Crippen MR) is 84.3 cm³/mol. The van der Waals surface area contributed by atoms with Gasteiger partial charge in [0, 0.05) is 52.7 Å². The maximum Gasteiger partial charge on any atom is 0.227 e. The number of hydrogen-bond acceptors (Lipinski definition) is 4. The smallest absolute Gasteiger partial charge is 0.227 e. The third-order valence-electron chi connectivity index (χ3n) is 4.84. The number of aliphatic hydroxyl groups excluding tert-OH is 1. The molecule has 0 aromatic carbocycles. The highest BCUT2D eigenvalue weighted by Crippen LogP contribution is 2.20. The summed E-state index contributed by atoms with van der Waals surface area (Å²) in [6, 6.07) is 0. The van der Waals surface area contributed by atoms with E-state index in [4.69, 9.17) is 0 Å². The molecule has 2 atom stereocenters.